The highest BCUT2D eigenvalue weighted by Gasteiger charge is 2.31. The van der Waals surface area contributed by atoms with Crippen LogP contribution in [0.5, 0.6) is 0 Å². The van der Waals surface area contributed by atoms with Gasteiger partial charge in [0, 0.05) is 26.8 Å². The Labute approximate surface area is 114 Å². The predicted molar refractivity (Wildman–Crippen MR) is 73.2 cm³/mol. The molecule has 6 heteroatoms. The quantitative estimate of drug-likeness (QED) is 0.528. The van der Waals surface area contributed by atoms with E-state index in [0.29, 0.717) is 13.0 Å². The summed E-state index contributed by atoms with van der Waals surface area (Å²) in [6.07, 6.45) is 3.34. The molecule has 0 saturated heterocycles. The highest BCUT2D eigenvalue weighted by atomic mass is 16.5. The molecule has 0 aromatic rings. The molecule has 0 aliphatic rings. The number of unbranched alkanes of at least 4 members (excludes halogenated alkanes) is 2. The average Bonchev–Trinajstić information content (AvgIpc) is 2.39. The van der Waals surface area contributed by atoms with Crippen LogP contribution in [0.25, 0.3) is 0 Å². The van der Waals surface area contributed by atoms with Gasteiger partial charge in [0.25, 0.3) is 0 Å². The molecule has 0 radical (unpaired) electrons. The van der Waals surface area contributed by atoms with Crippen molar-refractivity contribution in [3.8, 4) is 0 Å². The SMILES string of the molecule is CCC(C)(CNC(=O)NCCCCCOC)C(=O)O. The Morgan fingerprint density at radius 3 is 2.42 bits per heavy atom. The number of hydrogen-bond donors (Lipinski definition) is 3. The molecule has 0 aromatic carbocycles. The first-order valence-electron chi connectivity index (χ1n) is 6.70. The molecule has 19 heavy (non-hydrogen) atoms. The van der Waals surface area contributed by atoms with Gasteiger partial charge in [-0.15, -0.1) is 0 Å². The predicted octanol–water partition coefficient (Wildman–Crippen LogP) is 1.60. The van der Waals surface area contributed by atoms with Crippen LogP contribution in [0.4, 0.5) is 4.79 Å². The monoisotopic (exact) mass is 274 g/mol. The molecule has 0 rings (SSSR count). The van der Waals surface area contributed by atoms with Gasteiger partial charge in [-0.1, -0.05) is 6.92 Å². The van der Waals surface area contributed by atoms with E-state index in [2.05, 4.69) is 10.6 Å². The number of amides is 2. The second kappa shape index (κ2) is 9.61. The van der Waals surface area contributed by atoms with E-state index < -0.39 is 11.4 Å². The minimum Gasteiger partial charge on any atom is -0.481 e. The third-order valence-corrected chi connectivity index (χ3v) is 3.25. The number of ether oxygens (including phenoxy) is 1. The fourth-order valence-corrected chi connectivity index (χ4v) is 1.44. The van der Waals surface area contributed by atoms with Crippen molar-refractivity contribution in [1.29, 1.82) is 0 Å². The first-order valence-corrected chi connectivity index (χ1v) is 6.70. The number of hydrogen-bond acceptors (Lipinski definition) is 3. The van der Waals surface area contributed by atoms with E-state index in [-0.39, 0.29) is 12.6 Å². The zero-order valence-corrected chi connectivity index (χ0v) is 12.1. The molecule has 0 heterocycles. The molecule has 1 unspecified atom stereocenters. The van der Waals surface area contributed by atoms with Crippen LogP contribution in [0.15, 0.2) is 0 Å². The molecule has 3 N–H and O–H groups in total. The Morgan fingerprint density at radius 2 is 1.89 bits per heavy atom. The van der Waals surface area contributed by atoms with E-state index in [9.17, 15) is 9.59 Å². The smallest absolute Gasteiger partial charge is 0.314 e. The van der Waals surface area contributed by atoms with E-state index in [1.54, 1.807) is 21.0 Å². The van der Waals surface area contributed by atoms with Crippen LogP contribution in [0.3, 0.4) is 0 Å². The molecule has 0 fully saturated rings. The number of carbonyl (C=O) groups excluding carboxylic acids is 1. The van der Waals surface area contributed by atoms with Gasteiger partial charge in [0.2, 0.25) is 0 Å². The van der Waals surface area contributed by atoms with Gasteiger partial charge in [-0.05, 0) is 32.6 Å². The van der Waals surface area contributed by atoms with Crippen molar-refractivity contribution in [1.82, 2.24) is 10.6 Å². The van der Waals surface area contributed by atoms with Crippen LogP contribution in [-0.2, 0) is 9.53 Å². The maximum atomic E-state index is 11.5. The Kier molecular flexibility index (Phi) is 8.95. The van der Waals surface area contributed by atoms with Crippen LogP contribution in [0.1, 0.15) is 39.5 Å². The summed E-state index contributed by atoms with van der Waals surface area (Å²) in [5.74, 6) is -0.894. The molecule has 1 atom stereocenters. The van der Waals surface area contributed by atoms with Crippen LogP contribution in [-0.4, -0.2) is 43.9 Å². The normalized spacial score (nSPS) is 13.6. The van der Waals surface area contributed by atoms with Gasteiger partial charge < -0.3 is 20.5 Å². The first kappa shape index (κ1) is 17.7. The fraction of sp³-hybridized carbons (Fsp3) is 0.846. The van der Waals surface area contributed by atoms with Crippen molar-refractivity contribution in [2.45, 2.75) is 39.5 Å². The third-order valence-electron chi connectivity index (χ3n) is 3.25. The fourth-order valence-electron chi connectivity index (χ4n) is 1.44. The van der Waals surface area contributed by atoms with E-state index in [4.69, 9.17) is 9.84 Å². The standard InChI is InChI=1S/C13H26N2O4/c1-4-13(2,11(16)17)10-15-12(18)14-8-6-5-7-9-19-3/h4-10H2,1-3H3,(H,16,17)(H2,14,15,18). The Bertz CT molecular complexity index is 284. The van der Waals surface area contributed by atoms with E-state index >= 15 is 0 Å². The van der Waals surface area contributed by atoms with Crippen molar-refractivity contribution < 1.29 is 19.4 Å². The van der Waals surface area contributed by atoms with Crippen molar-refractivity contribution in [3.05, 3.63) is 0 Å². The highest BCUT2D eigenvalue weighted by molar-refractivity contribution is 5.77. The lowest BCUT2D eigenvalue weighted by Gasteiger charge is -2.23. The summed E-state index contributed by atoms with van der Waals surface area (Å²) in [4.78, 5) is 22.5. The number of carboxylic acids is 1. The maximum absolute atomic E-state index is 11.5. The number of methoxy groups -OCH3 is 1. The van der Waals surface area contributed by atoms with Crippen molar-refractivity contribution >= 4 is 12.0 Å². The molecular weight excluding hydrogens is 248 g/mol. The van der Waals surface area contributed by atoms with Crippen LogP contribution >= 0.6 is 0 Å². The zero-order chi connectivity index (χ0) is 14.7. The van der Waals surface area contributed by atoms with Crippen molar-refractivity contribution in [2.24, 2.45) is 5.41 Å². The molecule has 2 amide bonds. The lowest BCUT2D eigenvalue weighted by atomic mass is 9.88. The lowest BCUT2D eigenvalue weighted by molar-refractivity contribution is -0.147. The summed E-state index contributed by atoms with van der Waals surface area (Å²) in [7, 11) is 1.67. The zero-order valence-electron chi connectivity index (χ0n) is 12.1. The molecule has 0 aliphatic carbocycles. The number of rotatable bonds is 10. The molecule has 0 aliphatic heterocycles. The van der Waals surface area contributed by atoms with Gasteiger partial charge >= 0.3 is 12.0 Å². The lowest BCUT2D eigenvalue weighted by Crippen LogP contribution is -2.44. The minimum absolute atomic E-state index is 0.133. The average molecular weight is 274 g/mol. The minimum atomic E-state index is -0.907. The topological polar surface area (TPSA) is 87.7 Å². The van der Waals surface area contributed by atoms with Crippen LogP contribution in [0.2, 0.25) is 0 Å². The summed E-state index contributed by atoms with van der Waals surface area (Å²) < 4.78 is 4.92. The summed E-state index contributed by atoms with van der Waals surface area (Å²) in [6.45, 7) is 4.88. The van der Waals surface area contributed by atoms with Crippen LogP contribution in [0, 0.1) is 5.41 Å². The third kappa shape index (κ3) is 7.66. The van der Waals surface area contributed by atoms with E-state index in [1.165, 1.54) is 0 Å². The second-order valence-corrected chi connectivity index (χ2v) is 4.88. The molecule has 0 saturated carbocycles. The van der Waals surface area contributed by atoms with Gasteiger partial charge in [-0.3, -0.25) is 4.79 Å². The molecule has 6 nitrogen and oxygen atoms in total. The molecule has 0 spiro atoms. The van der Waals surface area contributed by atoms with Gasteiger partial charge in [0.05, 0.1) is 5.41 Å². The second-order valence-electron chi connectivity index (χ2n) is 4.88. The van der Waals surface area contributed by atoms with Gasteiger partial charge in [0.15, 0.2) is 0 Å². The number of nitrogens with one attached hydrogen (secondary N) is 2. The van der Waals surface area contributed by atoms with Crippen molar-refractivity contribution in [2.75, 3.05) is 26.8 Å². The summed E-state index contributed by atoms with van der Waals surface area (Å²) in [6, 6.07) is -0.312. The number of aliphatic carboxylic acids is 1. The number of carboxylic acid groups (broad SMARTS) is 1. The van der Waals surface area contributed by atoms with Crippen molar-refractivity contribution in [3.63, 3.8) is 0 Å². The van der Waals surface area contributed by atoms with Gasteiger partial charge in [0.1, 0.15) is 0 Å². The highest BCUT2D eigenvalue weighted by Crippen LogP contribution is 2.19. The summed E-state index contributed by atoms with van der Waals surface area (Å²) in [5, 5.41) is 14.4. The number of carbonyl (C=O) groups is 2. The Morgan fingerprint density at radius 1 is 1.21 bits per heavy atom. The Balaban J connectivity index is 3.72. The van der Waals surface area contributed by atoms with Crippen LogP contribution < -0.4 is 10.6 Å². The van der Waals surface area contributed by atoms with Gasteiger partial charge in [-0.2, -0.15) is 0 Å². The molecule has 112 valence electrons. The van der Waals surface area contributed by atoms with Gasteiger partial charge in [-0.25, -0.2) is 4.79 Å². The molecular formula is C13H26N2O4. The summed E-state index contributed by atoms with van der Waals surface area (Å²) >= 11 is 0. The largest absolute Gasteiger partial charge is 0.481 e. The first-order chi connectivity index (χ1) is 8.96. The summed E-state index contributed by atoms with van der Waals surface area (Å²) in [5.41, 5.74) is -0.907. The number of urea groups is 1. The van der Waals surface area contributed by atoms with E-state index in [0.717, 1.165) is 25.9 Å². The maximum Gasteiger partial charge on any atom is 0.314 e. The molecule has 0 aromatic heterocycles. The molecule has 0 bridgehead atoms. The Hall–Kier alpha value is -1.30. The van der Waals surface area contributed by atoms with E-state index in [1.807, 2.05) is 0 Å².